The summed E-state index contributed by atoms with van der Waals surface area (Å²) < 4.78 is 1.90. The van der Waals surface area contributed by atoms with E-state index < -0.39 is 0 Å². The van der Waals surface area contributed by atoms with E-state index >= 15 is 0 Å². The molecule has 21 heavy (non-hydrogen) atoms. The molecule has 0 fully saturated rings. The van der Waals surface area contributed by atoms with Gasteiger partial charge in [-0.1, -0.05) is 30.3 Å². The van der Waals surface area contributed by atoms with E-state index in [2.05, 4.69) is 11.2 Å². The molecule has 1 aromatic heterocycles. The van der Waals surface area contributed by atoms with Crippen LogP contribution in [0, 0.1) is 6.92 Å². The Hall–Kier alpha value is -2.20. The maximum absolute atomic E-state index is 6.10. The third-order valence-corrected chi connectivity index (χ3v) is 4.43. The van der Waals surface area contributed by atoms with Crippen molar-refractivity contribution in [3.63, 3.8) is 0 Å². The predicted octanol–water partition coefficient (Wildman–Crippen LogP) is 4.06. The first-order valence-corrected chi connectivity index (χ1v) is 7.80. The molecule has 0 amide bonds. The SMILES string of the molecule is Cc1cccc(SCc2ccn(-c3ccccc3)n2)c1N. The number of aromatic nitrogens is 2. The normalized spacial score (nSPS) is 10.7. The molecule has 4 heteroatoms. The van der Waals surface area contributed by atoms with Crippen LogP contribution in [0.25, 0.3) is 5.69 Å². The van der Waals surface area contributed by atoms with Gasteiger partial charge < -0.3 is 5.73 Å². The molecule has 3 nitrogen and oxygen atoms in total. The number of hydrogen-bond acceptors (Lipinski definition) is 3. The molecule has 1 heterocycles. The van der Waals surface area contributed by atoms with Crippen LogP contribution in [0.4, 0.5) is 5.69 Å². The van der Waals surface area contributed by atoms with Crippen LogP contribution < -0.4 is 5.73 Å². The highest BCUT2D eigenvalue weighted by Crippen LogP contribution is 2.29. The van der Waals surface area contributed by atoms with Crippen LogP contribution >= 0.6 is 11.8 Å². The summed E-state index contributed by atoms with van der Waals surface area (Å²) in [5.74, 6) is 0.813. The van der Waals surface area contributed by atoms with E-state index in [9.17, 15) is 0 Å². The Morgan fingerprint density at radius 1 is 1.05 bits per heavy atom. The number of anilines is 1. The summed E-state index contributed by atoms with van der Waals surface area (Å²) in [4.78, 5) is 1.12. The maximum atomic E-state index is 6.10. The number of aryl methyl sites for hydroxylation is 1. The highest BCUT2D eigenvalue weighted by Gasteiger charge is 2.05. The fourth-order valence-electron chi connectivity index (χ4n) is 2.09. The van der Waals surface area contributed by atoms with Gasteiger partial charge in [0.15, 0.2) is 0 Å². The van der Waals surface area contributed by atoms with E-state index in [1.54, 1.807) is 11.8 Å². The lowest BCUT2D eigenvalue weighted by molar-refractivity contribution is 0.859. The molecule has 0 spiro atoms. The van der Waals surface area contributed by atoms with Crippen molar-refractivity contribution in [1.82, 2.24) is 9.78 Å². The van der Waals surface area contributed by atoms with E-state index in [4.69, 9.17) is 5.73 Å². The third-order valence-electron chi connectivity index (χ3n) is 3.32. The van der Waals surface area contributed by atoms with Crippen molar-refractivity contribution in [2.45, 2.75) is 17.6 Å². The Morgan fingerprint density at radius 2 is 1.86 bits per heavy atom. The molecule has 3 rings (SSSR count). The molecule has 0 bridgehead atoms. The molecule has 3 aromatic rings. The first-order chi connectivity index (χ1) is 10.2. The fraction of sp³-hybridized carbons (Fsp3) is 0.118. The second-order valence-corrected chi connectivity index (χ2v) is 5.88. The standard InChI is InChI=1S/C17H17N3S/c1-13-6-5-9-16(17(13)18)21-12-14-10-11-20(19-14)15-7-3-2-4-8-15/h2-11H,12,18H2,1H3. The highest BCUT2D eigenvalue weighted by molar-refractivity contribution is 7.98. The summed E-state index contributed by atoms with van der Waals surface area (Å²) in [6.07, 6.45) is 1.99. The monoisotopic (exact) mass is 295 g/mol. The van der Waals surface area contributed by atoms with Crippen molar-refractivity contribution >= 4 is 17.4 Å². The Kier molecular flexibility index (Phi) is 3.97. The van der Waals surface area contributed by atoms with Crippen LogP contribution in [-0.2, 0) is 5.75 Å². The number of rotatable bonds is 4. The summed E-state index contributed by atoms with van der Waals surface area (Å²) in [6, 6.07) is 18.3. The van der Waals surface area contributed by atoms with Gasteiger partial charge >= 0.3 is 0 Å². The molecule has 0 atom stereocenters. The van der Waals surface area contributed by atoms with Crippen LogP contribution in [0.3, 0.4) is 0 Å². The van der Waals surface area contributed by atoms with Crippen LogP contribution in [-0.4, -0.2) is 9.78 Å². The van der Waals surface area contributed by atoms with Gasteiger partial charge in [-0.15, -0.1) is 11.8 Å². The number of thioether (sulfide) groups is 1. The molecular formula is C17H17N3S. The Morgan fingerprint density at radius 3 is 2.67 bits per heavy atom. The number of nitrogen functional groups attached to an aromatic ring is 1. The van der Waals surface area contributed by atoms with Gasteiger partial charge in [0.2, 0.25) is 0 Å². The molecule has 0 aliphatic rings. The second-order valence-electron chi connectivity index (χ2n) is 4.86. The van der Waals surface area contributed by atoms with Crippen LogP contribution in [0.5, 0.6) is 0 Å². The van der Waals surface area contributed by atoms with Gasteiger partial charge in [0.1, 0.15) is 0 Å². The second kappa shape index (κ2) is 6.06. The van der Waals surface area contributed by atoms with Crippen molar-refractivity contribution in [3.8, 4) is 5.69 Å². The number of benzene rings is 2. The molecule has 2 aromatic carbocycles. The van der Waals surface area contributed by atoms with Crippen molar-refractivity contribution in [2.24, 2.45) is 0 Å². The smallest absolute Gasteiger partial charge is 0.0731 e. The van der Waals surface area contributed by atoms with Crippen LogP contribution in [0.15, 0.2) is 65.7 Å². The predicted molar refractivity (Wildman–Crippen MR) is 88.7 cm³/mol. The van der Waals surface area contributed by atoms with E-state index in [1.165, 1.54) is 0 Å². The minimum absolute atomic E-state index is 0.813. The van der Waals surface area contributed by atoms with Crippen LogP contribution in [0.2, 0.25) is 0 Å². The summed E-state index contributed by atoms with van der Waals surface area (Å²) in [5, 5.41) is 4.60. The fourth-order valence-corrected chi connectivity index (χ4v) is 3.04. The van der Waals surface area contributed by atoms with E-state index in [0.29, 0.717) is 0 Å². The van der Waals surface area contributed by atoms with Gasteiger partial charge in [0, 0.05) is 22.5 Å². The quantitative estimate of drug-likeness (QED) is 0.583. The van der Waals surface area contributed by atoms with Gasteiger partial charge in [-0.2, -0.15) is 5.10 Å². The number of para-hydroxylation sites is 2. The molecular weight excluding hydrogens is 278 g/mol. The number of nitrogens with zero attached hydrogens (tertiary/aromatic N) is 2. The lowest BCUT2D eigenvalue weighted by Gasteiger charge is -2.06. The zero-order chi connectivity index (χ0) is 14.7. The zero-order valence-corrected chi connectivity index (χ0v) is 12.7. The lowest BCUT2D eigenvalue weighted by atomic mass is 10.2. The molecule has 0 aliphatic carbocycles. The van der Waals surface area contributed by atoms with Crippen molar-refractivity contribution < 1.29 is 0 Å². The number of hydrogen-bond donors (Lipinski definition) is 1. The molecule has 0 unspecified atom stereocenters. The van der Waals surface area contributed by atoms with E-state index in [0.717, 1.165) is 33.3 Å². The topological polar surface area (TPSA) is 43.8 Å². The summed E-state index contributed by atoms with van der Waals surface area (Å²) >= 11 is 1.72. The van der Waals surface area contributed by atoms with Crippen molar-refractivity contribution in [2.75, 3.05) is 5.73 Å². The molecule has 0 aliphatic heterocycles. The molecule has 2 N–H and O–H groups in total. The zero-order valence-electron chi connectivity index (χ0n) is 11.9. The molecule has 0 saturated carbocycles. The van der Waals surface area contributed by atoms with E-state index in [1.807, 2.05) is 66.3 Å². The first-order valence-electron chi connectivity index (χ1n) is 6.82. The van der Waals surface area contributed by atoms with E-state index in [-0.39, 0.29) is 0 Å². The number of nitrogens with two attached hydrogens (primary N) is 1. The minimum atomic E-state index is 0.813. The third kappa shape index (κ3) is 3.11. The minimum Gasteiger partial charge on any atom is -0.398 e. The van der Waals surface area contributed by atoms with Gasteiger partial charge in [-0.25, -0.2) is 4.68 Å². The summed E-state index contributed by atoms with van der Waals surface area (Å²) in [6.45, 7) is 2.03. The van der Waals surface area contributed by atoms with Gasteiger partial charge in [0.25, 0.3) is 0 Å². The molecule has 0 radical (unpaired) electrons. The largest absolute Gasteiger partial charge is 0.398 e. The average Bonchev–Trinajstić information content (AvgIpc) is 2.99. The van der Waals surface area contributed by atoms with Gasteiger partial charge in [-0.3, -0.25) is 0 Å². The van der Waals surface area contributed by atoms with Gasteiger partial charge in [0.05, 0.1) is 11.4 Å². The van der Waals surface area contributed by atoms with Crippen molar-refractivity contribution in [3.05, 3.63) is 72.1 Å². The molecule has 106 valence electrons. The Labute approximate surface area is 128 Å². The Bertz CT molecular complexity index is 735. The van der Waals surface area contributed by atoms with Crippen molar-refractivity contribution in [1.29, 1.82) is 0 Å². The maximum Gasteiger partial charge on any atom is 0.0731 e. The summed E-state index contributed by atoms with van der Waals surface area (Å²) in [7, 11) is 0. The lowest BCUT2D eigenvalue weighted by Crippen LogP contribution is -1.95. The average molecular weight is 295 g/mol. The van der Waals surface area contributed by atoms with Gasteiger partial charge in [-0.05, 0) is 36.8 Å². The van der Waals surface area contributed by atoms with Crippen LogP contribution in [0.1, 0.15) is 11.3 Å². The Balaban J connectivity index is 1.72. The first kappa shape index (κ1) is 13.8. The highest BCUT2D eigenvalue weighted by atomic mass is 32.2. The molecule has 0 saturated heterocycles. The summed E-state index contributed by atoms with van der Waals surface area (Å²) in [5.41, 5.74) is 10.2.